The lowest BCUT2D eigenvalue weighted by atomic mass is 9.84. The summed E-state index contributed by atoms with van der Waals surface area (Å²) in [5.41, 5.74) is 1.70. The van der Waals surface area contributed by atoms with Gasteiger partial charge in [0.1, 0.15) is 0 Å². The molecule has 2 rings (SSSR count). The van der Waals surface area contributed by atoms with E-state index in [1.807, 2.05) is 25.1 Å². The van der Waals surface area contributed by atoms with Gasteiger partial charge in [-0.25, -0.2) is 0 Å². The number of methoxy groups -OCH3 is 3. The van der Waals surface area contributed by atoms with Crippen LogP contribution in [0.1, 0.15) is 31.7 Å². The Morgan fingerprint density at radius 2 is 1.81 bits per heavy atom. The highest BCUT2D eigenvalue weighted by Crippen LogP contribution is 2.41. The van der Waals surface area contributed by atoms with Crippen LogP contribution in [0.3, 0.4) is 0 Å². The summed E-state index contributed by atoms with van der Waals surface area (Å²) in [5.74, 6) is 2.09. The molecule has 114 valence electrons. The molecule has 1 atom stereocenters. The third kappa shape index (κ3) is 3.04. The van der Waals surface area contributed by atoms with Gasteiger partial charge in [-0.2, -0.15) is 0 Å². The molecule has 1 aromatic carbocycles. The minimum atomic E-state index is 0.108. The summed E-state index contributed by atoms with van der Waals surface area (Å²) >= 11 is 0. The van der Waals surface area contributed by atoms with E-state index in [2.05, 4.69) is 0 Å². The average Bonchev–Trinajstić information content (AvgIpc) is 2.51. The molecular formula is C17H22O4. The van der Waals surface area contributed by atoms with Gasteiger partial charge in [-0.15, -0.1) is 0 Å². The Morgan fingerprint density at radius 1 is 1.10 bits per heavy atom. The van der Waals surface area contributed by atoms with E-state index in [0.717, 1.165) is 30.4 Å². The topological polar surface area (TPSA) is 44.8 Å². The number of ether oxygens (including phenoxy) is 3. The summed E-state index contributed by atoms with van der Waals surface area (Å²) < 4.78 is 16.1. The van der Waals surface area contributed by atoms with E-state index in [1.54, 1.807) is 21.3 Å². The number of ketones is 1. The van der Waals surface area contributed by atoms with Crippen LogP contribution in [0.2, 0.25) is 0 Å². The SMILES string of the molecule is COc1ccc(/C=C2/CCCC(C)C2=O)c(OC)c1OC. The molecule has 0 aromatic heterocycles. The first-order valence-electron chi connectivity index (χ1n) is 7.16. The number of hydrogen-bond acceptors (Lipinski definition) is 4. The quantitative estimate of drug-likeness (QED) is 0.796. The molecule has 0 saturated heterocycles. The lowest BCUT2D eigenvalue weighted by Gasteiger charge is -2.20. The number of rotatable bonds is 4. The van der Waals surface area contributed by atoms with Crippen LogP contribution < -0.4 is 14.2 Å². The molecule has 1 fully saturated rings. The van der Waals surface area contributed by atoms with Crippen LogP contribution in [0.5, 0.6) is 17.2 Å². The smallest absolute Gasteiger partial charge is 0.203 e. The number of allylic oxidation sites excluding steroid dienone is 1. The van der Waals surface area contributed by atoms with Crippen LogP contribution >= 0.6 is 0 Å². The minimum Gasteiger partial charge on any atom is -0.493 e. The zero-order chi connectivity index (χ0) is 15.4. The van der Waals surface area contributed by atoms with Gasteiger partial charge in [0.05, 0.1) is 21.3 Å². The molecule has 0 radical (unpaired) electrons. The molecule has 0 amide bonds. The first kappa shape index (κ1) is 15.4. The van der Waals surface area contributed by atoms with Crippen molar-refractivity contribution in [2.75, 3.05) is 21.3 Å². The molecule has 1 unspecified atom stereocenters. The number of carbonyl (C=O) groups excluding carboxylic acids is 1. The van der Waals surface area contributed by atoms with Crippen LogP contribution in [0, 0.1) is 5.92 Å². The first-order chi connectivity index (χ1) is 10.1. The maximum absolute atomic E-state index is 12.2. The number of benzene rings is 1. The van der Waals surface area contributed by atoms with E-state index in [-0.39, 0.29) is 11.7 Å². The molecule has 4 nitrogen and oxygen atoms in total. The highest BCUT2D eigenvalue weighted by atomic mass is 16.5. The van der Waals surface area contributed by atoms with Gasteiger partial charge in [0.25, 0.3) is 0 Å². The van der Waals surface area contributed by atoms with Gasteiger partial charge in [0.2, 0.25) is 5.75 Å². The number of hydrogen-bond donors (Lipinski definition) is 0. The molecular weight excluding hydrogens is 268 g/mol. The Kier molecular flexibility index (Phi) is 4.89. The largest absolute Gasteiger partial charge is 0.493 e. The molecule has 0 spiro atoms. The third-order valence-electron chi connectivity index (χ3n) is 3.91. The van der Waals surface area contributed by atoms with E-state index in [9.17, 15) is 4.79 Å². The molecule has 1 aliphatic carbocycles. The summed E-state index contributed by atoms with van der Waals surface area (Å²) in [5, 5.41) is 0. The van der Waals surface area contributed by atoms with E-state index >= 15 is 0 Å². The van der Waals surface area contributed by atoms with Gasteiger partial charge < -0.3 is 14.2 Å². The second-order valence-corrected chi connectivity index (χ2v) is 5.25. The molecule has 1 saturated carbocycles. The van der Waals surface area contributed by atoms with Gasteiger partial charge >= 0.3 is 0 Å². The Balaban J connectivity index is 2.46. The number of Topliss-reactive ketones (excluding diaryl/α,β-unsaturated/α-hetero) is 1. The van der Waals surface area contributed by atoms with Gasteiger partial charge in [-0.1, -0.05) is 6.92 Å². The molecule has 0 N–H and O–H groups in total. The zero-order valence-electron chi connectivity index (χ0n) is 13.1. The maximum Gasteiger partial charge on any atom is 0.203 e. The van der Waals surface area contributed by atoms with Crippen LogP contribution in [-0.2, 0) is 4.79 Å². The van der Waals surface area contributed by atoms with Crippen LogP contribution in [-0.4, -0.2) is 27.1 Å². The van der Waals surface area contributed by atoms with Crippen LogP contribution in [0.15, 0.2) is 17.7 Å². The maximum atomic E-state index is 12.2. The van der Waals surface area contributed by atoms with Crippen molar-refractivity contribution in [3.8, 4) is 17.2 Å². The van der Waals surface area contributed by atoms with E-state index in [0.29, 0.717) is 17.2 Å². The molecule has 0 bridgehead atoms. The van der Waals surface area contributed by atoms with Crippen molar-refractivity contribution < 1.29 is 19.0 Å². The predicted octanol–water partition coefficient (Wildman–Crippen LogP) is 3.48. The summed E-state index contributed by atoms with van der Waals surface area (Å²) in [6, 6.07) is 3.71. The molecule has 1 aliphatic rings. The van der Waals surface area contributed by atoms with Crippen LogP contribution in [0.25, 0.3) is 6.08 Å². The van der Waals surface area contributed by atoms with Crippen molar-refractivity contribution >= 4 is 11.9 Å². The van der Waals surface area contributed by atoms with Crippen molar-refractivity contribution in [3.63, 3.8) is 0 Å². The summed E-state index contributed by atoms with van der Waals surface area (Å²) in [4.78, 5) is 12.2. The molecule has 1 aromatic rings. The molecule has 0 heterocycles. The van der Waals surface area contributed by atoms with Crippen molar-refractivity contribution in [1.82, 2.24) is 0 Å². The van der Waals surface area contributed by atoms with Crippen molar-refractivity contribution in [2.45, 2.75) is 26.2 Å². The Labute approximate surface area is 125 Å². The Bertz CT molecular complexity index is 560. The van der Waals surface area contributed by atoms with Crippen molar-refractivity contribution in [3.05, 3.63) is 23.3 Å². The summed E-state index contributed by atoms with van der Waals surface area (Å²) in [6.07, 6.45) is 4.76. The summed E-state index contributed by atoms with van der Waals surface area (Å²) in [6.45, 7) is 1.99. The fourth-order valence-electron chi connectivity index (χ4n) is 2.74. The normalized spacial score (nSPS) is 20.5. The lowest BCUT2D eigenvalue weighted by molar-refractivity contribution is -0.119. The predicted molar refractivity (Wildman–Crippen MR) is 82.1 cm³/mol. The highest BCUT2D eigenvalue weighted by Gasteiger charge is 2.23. The average molecular weight is 290 g/mol. The van der Waals surface area contributed by atoms with Crippen molar-refractivity contribution in [2.24, 2.45) is 5.92 Å². The Hall–Kier alpha value is -1.97. The number of carbonyl (C=O) groups is 1. The molecule has 4 heteroatoms. The van der Waals surface area contributed by atoms with Gasteiger partial charge in [0.15, 0.2) is 17.3 Å². The van der Waals surface area contributed by atoms with E-state index in [1.165, 1.54) is 0 Å². The first-order valence-corrected chi connectivity index (χ1v) is 7.16. The van der Waals surface area contributed by atoms with Crippen molar-refractivity contribution in [1.29, 1.82) is 0 Å². The van der Waals surface area contributed by atoms with Gasteiger partial charge in [-0.3, -0.25) is 4.79 Å². The second-order valence-electron chi connectivity index (χ2n) is 5.25. The molecule has 21 heavy (non-hydrogen) atoms. The monoisotopic (exact) mass is 290 g/mol. The second kappa shape index (κ2) is 6.66. The van der Waals surface area contributed by atoms with Crippen LogP contribution in [0.4, 0.5) is 0 Å². The van der Waals surface area contributed by atoms with Gasteiger partial charge in [0, 0.05) is 11.5 Å². The lowest BCUT2D eigenvalue weighted by Crippen LogP contribution is -2.18. The zero-order valence-corrected chi connectivity index (χ0v) is 13.1. The van der Waals surface area contributed by atoms with Gasteiger partial charge in [-0.05, 0) is 43.0 Å². The van der Waals surface area contributed by atoms with E-state index < -0.39 is 0 Å². The minimum absolute atomic E-state index is 0.108. The third-order valence-corrected chi connectivity index (χ3v) is 3.91. The van der Waals surface area contributed by atoms with E-state index in [4.69, 9.17) is 14.2 Å². The molecule has 0 aliphatic heterocycles. The Morgan fingerprint density at radius 3 is 2.43 bits per heavy atom. The summed E-state index contributed by atoms with van der Waals surface area (Å²) in [7, 11) is 4.75. The fourth-order valence-corrected chi connectivity index (χ4v) is 2.74. The highest BCUT2D eigenvalue weighted by molar-refractivity contribution is 6.01. The standard InChI is InChI=1S/C17H22O4/c1-11-6-5-7-12(15(11)18)10-13-8-9-14(19-2)17(21-4)16(13)20-3/h8-11H,5-7H2,1-4H3/b12-10-. The fraction of sp³-hybridized carbons (Fsp3) is 0.471.